The van der Waals surface area contributed by atoms with Gasteiger partial charge in [0.1, 0.15) is 24.4 Å². The monoisotopic (exact) mass is 298 g/mol. The SMILES string of the molecule is COC[C@H]1O[C@H](O)[C@@H](OCc2ccccc2)[C@@H](O)[C@@H]1OC. The van der Waals surface area contributed by atoms with Gasteiger partial charge in [0, 0.05) is 14.2 Å². The summed E-state index contributed by atoms with van der Waals surface area (Å²) in [5, 5.41) is 20.3. The van der Waals surface area contributed by atoms with Crippen LogP contribution in [0.1, 0.15) is 5.56 Å². The quantitative estimate of drug-likeness (QED) is 0.787. The molecule has 1 aliphatic heterocycles. The zero-order valence-corrected chi connectivity index (χ0v) is 12.2. The van der Waals surface area contributed by atoms with Crippen molar-refractivity contribution in [2.45, 2.75) is 37.3 Å². The van der Waals surface area contributed by atoms with E-state index < -0.39 is 30.7 Å². The Balaban J connectivity index is 1.99. The van der Waals surface area contributed by atoms with Crippen molar-refractivity contribution < 1.29 is 29.2 Å². The summed E-state index contributed by atoms with van der Waals surface area (Å²) in [5.41, 5.74) is 0.949. The number of hydrogen-bond donors (Lipinski definition) is 2. The van der Waals surface area contributed by atoms with Crippen LogP contribution in [0.4, 0.5) is 0 Å². The molecule has 118 valence electrons. The third kappa shape index (κ3) is 4.00. The third-order valence-corrected chi connectivity index (χ3v) is 3.52. The van der Waals surface area contributed by atoms with Gasteiger partial charge in [0.05, 0.1) is 13.2 Å². The topological polar surface area (TPSA) is 77.4 Å². The number of rotatable bonds is 6. The number of hydrogen-bond acceptors (Lipinski definition) is 6. The Bertz CT molecular complexity index is 412. The van der Waals surface area contributed by atoms with Crippen LogP contribution < -0.4 is 0 Å². The third-order valence-electron chi connectivity index (χ3n) is 3.52. The normalized spacial score (nSPS) is 33.0. The molecule has 0 bridgehead atoms. The lowest BCUT2D eigenvalue weighted by Crippen LogP contribution is -2.60. The summed E-state index contributed by atoms with van der Waals surface area (Å²) in [6, 6.07) is 9.52. The Hall–Kier alpha value is -1.02. The van der Waals surface area contributed by atoms with E-state index in [1.165, 1.54) is 14.2 Å². The van der Waals surface area contributed by atoms with Crippen molar-refractivity contribution in [1.29, 1.82) is 0 Å². The van der Waals surface area contributed by atoms with Gasteiger partial charge in [-0.05, 0) is 5.56 Å². The average molecular weight is 298 g/mol. The fraction of sp³-hybridized carbons (Fsp3) is 0.600. The highest BCUT2D eigenvalue weighted by Gasteiger charge is 2.45. The lowest BCUT2D eigenvalue weighted by molar-refractivity contribution is -0.302. The van der Waals surface area contributed by atoms with Crippen molar-refractivity contribution in [3.63, 3.8) is 0 Å². The number of ether oxygens (including phenoxy) is 4. The summed E-state index contributed by atoms with van der Waals surface area (Å²) in [4.78, 5) is 0. The fourth-order valence-electron chi connectivity index (χ4n) is 2.45. The Kier molecular flexibility index (Phi) is 6.10. The van der Waals surface area contributed by atoms with Crippen LogP contribution in [0.2, 0.25) is 0 Å². The van der Waals surface area contributed by atoms with Crippen molar-refractivity contribution in [2.75, 3.05) is 20.8 Å². The summed E-state index contributed by atoms with van der Waals surface area (Å²) in [6.07, 6.45) is -4.25. The molecule has 6 nitrogen and oxygen atoms in total. The van der Waals surface area contributed by atoms with Crippen LogP contribution in [0.5, 0.6) is 0 Å². The summed E-state index contributed by atoms with van der Waals surface area (Å²) in [7, 11) is 3.00. The van der Waals surface area contributed by atoms with E-state index in [4.69, 9.17) is 18.9 Å². The fourth-order valence-corrected chi connectivity index (χ4v) is 2.45. The molecule has 1 aliphatic rings. The lowest BCUT2D eigenvalue weighted by Gasteiger charge is -2.41. The Morgan fingerprint density at radius 1 is 1.10 bits per heavy atom. The Labute approximate surface area is 124 Å². The molecule has 0 aliphatic carbocycles. The number of benzene rings is 1. The molecule has 0 unspecified atom stereocenters. The first-order valence-electron chi connectivity index (χ1n) is 6.86. The van der Waals surface area contributed by atoms with Crippen LogP contribution in [-0.2, 0) is 25.6 Å². The van der Waals surface area contributed by atoms with Crippen molar-refractivity contribution in [1.82, 2.24) is 0 Å². The maximum atomic E-state index is 10.3. The standard InChI is InChI=1S/C15H22O6/c1-18-9-11-13(19-2)12(16)14(15(17)21-11)20-8-10-6-4-3-5-7-10/h3-7,11-17H,8-9H2,1-2H3/t11-,12+,13-,14+,15+/m1/s1. The zero-order chi connectivity index (χ0) is 15.2. The number of methoxy groups -OCH3 is 2. The summed E-state index contributed by atoms with van der Waals surface area (Å²) < 4.78 is 21.3. The minimum Gasteiger partial charge on any atom is -0.387 e. The van der Waals surface area contributed by atoms with Crippen molar-refractivity contribution in [3.05, 3.63) is 35.9 Å². The van der Waals surface area contributed by atoms with E-state index in [0.717, 1.165) is 5.56 Å². The highest BCUT2D eigenvalue weighted by Crippen LogP contribution is 2.25. The second-order valence-corrected chi connectivity index (χ2v) is 4.97. The van der Waals surface area contributed by atoms with Gasteiger partial charge in [0.15, 0.2) is 6.29 Å². The first kappa shape index (κ1) is 16.4. The smallest absolute Gasteiger partial charge is 0.184 e. The van der Waals surface area contributed by atoms with Crippen molar-refractivity contribution in [2.24, 2.45) is 0 Å². The van der Waals surface area contributed by atoms with Gasteiger partial charge in [-0.1, -0.05) is 30.3 Å². The second kappa shape index (κ2) is 7.84. The molecule has 2 rings (SSSR count). The van der Waals surface area contributed by atoms with Gasteiger partial charge in [-0.2, -0.15) is 0 Å². The summed E-state index contributed by atoms with van der Waals surface area (Å²) in [5.74, 6) is 0. The average Bonchev–Trinajstić information content (AvgIpc) is 2.48. The predicted octanol–water partition coefficient (Wildman–Crippen LogP) is 0.311. The molecular formula is C15H22O6. The van der Waals surface area contributed by atoms with E-state index in [9.17, 15) is 10.2 Å². The van der Waals surface area contributed by atoms with Gasteiger partial charge in [0.2, 0.25) is 0 Å². The van der Waals surface area contributed by atoms with Crippen LogP contribution in [0, 0.1) is 0 Å². The Morgan fingerprint density at radius 3 is 2.43 bits per heavy atom. The van der Waals surface area contributed by atoms with Crippen molar-refractivity contribution in [3.8, 4) is 0 Å². The lowest BCUT2D eigenvalue weighted by atomic mass is 9.99. The summed E-state index contributed by atoms with van der Waals surface area (Å²) >= 11 is 0. The van der Waals surface area contributed by atoms with Gasteiger partial charge in [-0.15, -0.1) is 0 Å². The molecule has 0 amide bonds. The van der Waals surface area contributed by atoms with Crippen molar-refractivity contribution >= 4 is 0 Å². The highest BCUT2D eigenvalue weighted by atomic mass is 16.7. The number of aliphatic hydroxyl groups excluding tert-OH is 2. The van der Waals surface area contributed by atoms with E-state index >= 15 is 0 Å². The van der Waals surface area contributed by atoms with E-state index in [-0.39, 0.29) is 13.2 Å². The minimum atomic E-state index is -1.23. The van der Waals surface area contributed by atoms with Gasteiger partial charge < -0.3 is 29.2 Å². The van der Waals surface area contributed by atoms with E-state index in [2.05, 4.69) is 0 Å². The molecule has 5 atom stereocenters. The van der Waals surface area contributed by atoms with Gasteiger partial charge in [0.25, 0.3) is 0 Å². The zero-order valence-electron chi connectivity index (χ0n) is 12.2. The van der Waals surface area contributed by atoms with Crippen LogP contribution in [0.15, 0.2) is 30.3 Å². The van der Waals surface area contributed by atoms with Crippen LogP contribution in [0.3, 0.4) is 0 Å². The minimum absolute atomic E-state index is 0.220. The Morgan fingerprint density at radius 2 is 1.81 bits per heavy atom. The first-order chi connectivity index (χ1) is 10.2. The van der Waals surface area contributed by atoms with E-state index in [1.54, 1.807) is 0 Å². The molecule has 6 heteroatoms. The van der Waals surface area contributed by atoms with Gasteiger partial charge in [-0.3, -0.25) is 0 Å². The molecule has 0 radical (unpaired) electrons. The molecule has 1 fully saturated rings. The highest BCUT2D eigenvalue weighted by molar-refractivity contribution is 5.13. The summed E-state index contributed by atoms with van der Waals surface area (Å²) in [6.45, 7) is 0.492. The maximum absolute atomic E-state index is 10.3. The van der Waals surface area contributed by atoms with Crippen LogP contribution >= 0.6 is 0 Å². The molecule has 0 saturated carbocycles. The predicted molar refractivity (Wildman–Crippen MR) is 74.6 cm³/mol. The first-order valence-corrected chi connectivity index (χ1v) is 6.86. The molecule has 1 aromatic carbocycles. The van der Waals surface area contributed by atoms with E-state index in [0.29, 0.717) is 0 Å². The van der Waals surface area contributed by atoms with E-state index in [1.807, 2.05) is 30.3 Å². The second-order valence-electron chi connectivity index (χ2n) is 4.97. The largest absolute Gasteiger partial charge is 0.387 e. The molecule has 1 aromatic rings. The van der Waals surface area contributed by atoms with Gasteiger partial charge >= 0.3 is 0 Å². The molecule has 1 heterocycles. The maximum Gasteiger partial charge on any atom is 0.184 e. The van der Waals surface area contributed by atoms with Gasteiger partial charge in [-0.25, -0.2) is 0 Å². The van der Waals surface area contributed by atoms with Crippen LogP contribution in [-0.4, -0.2) is 61.7 Å². The molecule has 21 heavy (non-hydrogen) atoms. The molecule has 0 aromatic heterocycles. The molecule has 2 N–H and O–H groups in total. The van der Waals surface area contributed by atoms with Crippen LogP contribution in [0.25, 0.3) is 0 Å². The number of aliphatic hydroxyl groups is 2. The molecule has 0 spiro atoms. The molecule has 1 saturated heterocycles. The molecular weight excluding hydrogens is 276 g/mol.